The molecule has 202 valence electrons. The zero-order valence-corrected chi connectivity index (χ0v) is 20.3. The fraction of sp³-hybridized carbons (Fsp3) is 0.636. The van der Waals surface area contributed by atoms with Crippen molar-refractivity contribution in [3.63, 3.8) is 0 Å². The van der Waals surface area contributed by atoms with Crippen molar-refractivity contribution in [2.75, 3.05) is 19.6 Å². The number of halogens is 6. The van der Waals surface area contributed by atoms with Crippen LogP contribution in [-0.2, 0) is 30.4 Å². The van der Waals surface area contributed by atoms with Gasteiger partial charge in [0.05, 0.1) is 15.2 Å². The summed E-state index contributed by atoms with van der Waals surface area (Å²) in [5.41, 5.74) is -1.08. The fourth-order valence-corrected chi connectivity index (χ4v) is 6.44. The lowest BCUT2D eigenvalue weighted by atomic mass is 9.85. The van der Waals surface area contributed by atoms with E-state index in [4.69, 9.17) is 0 Å². The van der Waals surface area contributed by atoms with Gasteiger partial charge in [-0.3, -0.25) is 4.79 Å². The number of hydrogen-bond acceptors (Lipinski definition) is 6. The Morgan fingerprint density at radius 1 is 0.972 bits per heavy atom. The SMILES string of the molecule is CC(C)(C1CCN(C(=O)[C@@H]2CCCN2OC(=O)C(F)(F)F)CC1)S(=O)(=O)c1cccc(C(F)(F)F)c1. The third-order valence-corrected chi connectivity index (χ3v) is 9.47. The van der Waals surface area contributed by atoms with E-state index >= 15 is 0 Å². The molecule has 2 aliphatic heterocycles. The van der Waals surface area contributed by atoms with Crippen molar-refractivity contribution in [3.05, 3.63) is 29.8 Å². The smallest absolute Gasteiger partial charge is 0.360 e. The molecule has 2 aliphatic rings. The van der Waals surface area contributed by atoms with Crippen LogP contribution in [0.2, 0.25) is 0 Å². The van der Waals surface area contributed by atoms with Gasteiger partial charge in [0.1, 0.15) is 6.04 Å². The summed E-state index contributed by atoms with van der Waals surface area (Å²) in [5, 5.41) is 0.728. The highest BCUT2D eigenvalue weighted by atomic mass is 32.2. The number of benzene rings is 1. The lowest BCUT2D eigenvalue weighted by molar-refractivity contribution is -0.241. The van der Waals surface area contributed by atoms with Gasteiger partial charge in [-0.05, 0) is 63.6 Å². The van der Waals surface area contributed by atoms with Crippen molar-refractivity contribution in [1.82, 2.24) is 9.96 Å². The van der Waals surface area contributed by atoms with Gasteiger partial charge in [-0.25, -0.2) is 13.2 Å². The maximum absolute atomic E-state index is 13.3. The Morgan fingerprint density at radius 2 is 1.58 bits per heavy atom. The van der Waals surface area contributed by atoms with Crippen molar-refractivity contribution in [2.24, 2.45) is 5.92 Å². The normalized spacial score (nSPS) is 21.0. The van der Waals surface area contributed by atoms with Gasteiger partial charge in [0.15, 0.2) is 9.84 Å². The predicted molar refractivity (Wildman–Crippen MR) is 114 cm³/mol. The van der Waals surface area contributed by atoms with Gasteiger partial charge >= 0.3 is 18.3 Å². The number of piperidine rings is 1. The molecule has 0 bridgehead atoms. The molecule has 36 heavy (non-hydrogen) atoms. The van der Waals surface area contributed by atoms with Crippen molar-refractivity contribution in [1.29, 1.82) is 0 Å². The van der Waals surface area contributed by atoms with Gasteiger partial charge in [-0.2, -0.15) is 26.3 Å². The Labute approximate surface area is 204 Å². The second kappa shape index (κ2) is 9.84. The third kappa shape index (κ3) is 5.63. The molecule has 0 radical (unpaired) electrons. The van der Waals surface area contributed by atoms with Crippen LogP contribution in [0.1, 0.15) is 45.1 Å². The molecule has 0 unspecified atom stereocenters. The number of sulfone groups is 1. The van der Waals surface area contributed by atoms with Gasteiger partial charge in [-0.15, -0.1) is 5.06 Å². The Kier molecular flexibility index (Phi) is 7.72. The minimum Gasteiger partial charge on any atom is -0.360 e. The molecule has 1 amide bonds. The van der Waals surface area contributed by atoms with Crippen LogP contribution in [0.5, 0.6) is 0 Å². The number of amides is 1. The van der Waals surface area contributed by atoms with E-state index in [2.05, 4.69) is 4.84 Å². The van der Waals surface area contributed by atoms with Gasteiger partial charge in [0.25, 0.3) is 0 Å². The molecule has 2 saturated heterocycles. The van der Waals surface area contributed by atoms with Crippen molar-refractivity contribution >= 4 is 21.7 Å². The number of rotatable bonds is 5. The highest BCUT2D eigenvalue weighted by Crippen LogP contribution is 2.40. The van der Waals surface area contributed by atoms with Crippen LogP contribution in [0, 0.1) is 5.92 Å². The fourth-order valence-electron chi connectivity index (χ4n) is 4.62. The first-order chi connectivity index (χ1) is 16.5. The van der Waals surface area contributed by atoms with E-state index in [-0.39, 0.29) is 38.9 Å². The Bertz CT molecular complexity index is 1090. The first-order valence-corrected chi connectivity index (χ1v) is 12.7. The molecule has 0 aliphatic carbocycles. The second-order valence-corrected chi connectivity index (χ2v) is 11.9. The van der Waals surface area contributed by atoms with E-state index in [1.807, 2.05) is 0 Å². The summed E-state index contributed by atoms with van der Waals surface area (Å²) in [6.07, 6.45) is -8.94. The Morgan fingerprint density at radius 3 is 2.14 bits per heavy atom. The first-order valence-electron chi connectivity index (χ1n) is 11.2. The number of nitrogens with zero attached hydrogens (tertiary/aromatic N) is 2. The summed E-state index contributed by atoms with van der Waals surface area (Å²) in [5.74, 6) is -3.44. The second-order valence-electron chi connectivity index (χ2n) is 9.41. The van der Waals surface area contributed by atoms with E-state index in [0.717, 1.165) is 23.3 Å². The van der Waals surface area contributed by atoms with Crippen LogP contribution in [0.25, 0.3) is 0 Å². The summed E-state index contributed by atoms with van der Waals surface area (Å²) in [7, 11) is -4.19. The van der Waals surface area contributed by atoms with Gasteiger partial charge in [0, 0.05) is 19.6 Å². The lowest BCUT2D eigenvalue weighted by Gasteiger charge is -2.41. The largest absolute Gasteiger partial charge is 0.492 e. The maximum atomic E-state index is 13.3. The Hall–Kier alpha value is -2.35. The first kappa shape index (κ1) is 28.2. The molecule has 14 heteroatoms. The maximum Gasteiger partial charge on any atom is 0.492 e. The average molecular weight is 545 g/mol. The van der Waals surface area contributed by atoms with Crippen LogP contribution in [0.15, 0.2) is 29.2 Å². The molecule has 1 atom stereocenters. The summed E-state index contributed by atoms with van der Waals surface area (Å²) < 4.78 is 102. The zero-order chi connectivity index (χ0) is 27.1. The summed E-state index contributed by atoms with van der Waals surface area (Å²) in [6.45, 7) is 3.03. The molecular weight excluding hydrogens is 518 g/mol. The van der Waals surface area contributed by atoms with Crippen molar-refractivity contribution < 1.29 is 49.2 Å². The zero-order valence-electron chi connectivity index (χ0n) is 19.5. The standard InChI is InChI=1S/C22H26F6N2O5S/c1-20(2,36(33,34)16-6-3-5-15(13-16)21(23,24)25)14-8-11-29(12-9-14)18(31)17-7-4-10-30(17)35-19(32)22(26,27)28/h3,5-6,13-14,17H,4,7-12H2,1-2H3/t17-/m0/s1. The minimum absolute atomic E-state index is 0.0308. The van der Waals surface area contributed by atoms with Crippen molar-refractivity contribution in [3.8, 4) is 0 Å². The van der Waals surface area contributed by atoms with Crippen LogP contribution in [0.4, 0.5) is 26.3 Å². The molecule has 1 aromatic carbocycles. The molecular formula is C22H26F6N2O5S. The number of likely N-dealkylation sites (tertiary alicyclic amines) is 1. The molecule has 0 aromatic heterocycles. The van der Waals surface area contributed by atoms with E-state index in [1.54, 1.807) is 0 Å². The van der Waals surface area contributed by atoms with Gasteiger partial charge in [0.2, 0.25) is 5.91 Å². The highest BCUT2D eigenvalue weighted by molar-refractivity contribution is 7.92. The summed E-state index contributed by atoms with van der Waals surface area (Å²) in [6, 6.07) is 2.46. The monoisotopic (exact) mass is 544 g/mol. The average Bonchev–Trinajstić information content (AvgIpc) is 3.25. The van der Waals surface area contributed by atoms with E-state index < -0.39 is 61.2 Å². The van der Waals surface area contributed by atoms with E-state index in [9.17, 15) is 44.3 Å². The molecule has 2 fully saturated rings. The number of hydrogen-bond donors (Lipinski definition) is 0. The molecule has 7 nitrogen and oxygen atoms in total. The quantitative estimate of drug-likeness (QED) is 0.522. The highest BCUT2D eigenvalue weighted by Gasteiger charge is 2.48. The van der Waals surface area contributed by atoms with E-state index in [1.165, 1.54) is 18.7 Å². The topological polar surface area (TPSA) is 84.0 Å². The summed E-state index contributed by atoms with van der Waals surface area (Å²) >= 11 is 0. The van der Waals surface area contributed by atoms with E-state index in [0.29, 0.717) is 12.5 Å². The molecule has 0 N–H and O–H groups in total. The number of carbonyl (C=O) groups is 2. The van der Waals surface area contributed by atoms with Gasteiger partial charge in [-0.1, -0.05) is 6.07 Å². The molecule has 0 spiro atoms. The number of hydroxylamine groups is 2. The number of carbonyl (C=O) groups excluding carboxylic acids is 2. The molecule has 0 saturated carbocycles. The predicted octanol–water partition coefficient (Wildman–Crippen LogP) is 3.98. The van der Waals surface area contributed by atoms with Crippen LogP contribution < -0.4 is 0 Å². The van der Waals surface area contributed by atoms with Crippen molar-refractivity contribution in [2.45, 2.75) is 67.6 Å². The summed E-state index contributed by atoms with van der Waals surface area (Å²) in [4.78, 5) is 29.4. The Balaban J connectivity index is 1.68. The van der Waals surface area contributed by atoms with Crippen LogP contribution in [-0.4, -0.2) is 66.9 Å². The van der Waals surface area contributed by atoms with Gasteiger partial charge < -0.3 is 9.74 Å². The minimum atomic E-state index is -5.20. The van der Waals surface area contributed by atoms with Crippen LogP contribution >= 0.6 is 0 Å². The van der Waals surface area contributed by atoms with Crippen LogP contribution in [0.3, 0.4) is 0 Å². The number of alkyl halides is 6. The lowest BCUT2D eigenvalue weighted by Crippen LogP contribution is -2.52. The molecule has 1 aromatic rings. The molecule has 3 rings (SSSR count). The third-order valence-electron chi connectivity index (χ3n) is 6.87. The molecule has 2 heterocycles.